The van der Waals surface area contributed by atoms with E-state index in [0.29, 0.717) is 11.5 Å². The van der Waals surface area contributed by atoms with E-state index in [1.807, 2.05) is 0 Å². The minimum atomic E-state index is -3.17. The Morgan fingerprint density at radius 2 is 1.95 bits per heavy atom. The summed E-state index contributed by atoms with van der Waals surface area (Å²) in [4.78, 5) is 11.0. The van der Waals surface area contributed by atoms with Crippen LogP contribution in [0.5, 0.6) is 11.5 Å². The molecule has 1 amide bonds. The third-order valence-corrected chi connectivity index (χ3v) is 2.81. The summed E-state index contributed by atoms with van der Waals surface area (Å²) in [6, 6.07) is 3.02. The van der Waals surface area contributed by atoms with Gasteiger partial charge in [0.15, 0.2) is 18.1 Å². The summed E-state index contributed by atoms with van der Waals surface area (Å²) < 4.78 is 41.8. The zero-order chi connectivity index (χ0) is 12.8. The highest BCUT2D eigenvalue weighted by molar-refractivity contribution is 5.85. The van der Waals surface area contributed by atoms with Gasteiger partial charge in [-0.25, -0.2) is 13.6 Å². The average molecular weight is 294 g/mol. The summed E-state index contributed by atoms with van der Waals surface area (Å²) in [5.41, 5.74) is 0.251. The first-order chi connectivity index (χ1) is 8.56. The molecule has 1 atom stereocenters. The molecule has 104 valence electrons. The number of halogens is 3. The summed E-state index contributed by atoms with van der Waals surface area (Å²) >= 11 is 0. The standard InChI is InChI=1S/C11H9F2NO4.ClH/c12-11(13)4-16-10(15)14-9(11)6-1-2-7-8(3-6)18-5-17-7;/h1-3,9H,4-5H2,(H,14,15);1H/t9-;/m0./s1. The van der Waals surface area contributed by atoms with Gasteiger partial charge in [-0.2, -0.15) is 0 Å². The topological polar surface area (TPSA) is 56.8 Å². The fourth-order valence-corrected chi connectivity index (χ4v) is 1.93. The largest absolute Gasteiger partial charge is 0.454 e. The second-order valence-electron chi connectivity index (χ2n) is 4.03. The minimum Gasteiger partial charge on any atom is -0.454 e. The normalized spacial score (nSPS) is 23.1. The lowest BCUT2D eigenvalue weighted by Crippen LogP contribution is -2.49. The molecular formula is C11H10ClF2NO4. The minimum absolute atomic E-state index is 0. The Labute approximate surface area is 113 Å². The average Bonchev–Trinajstić information content (AvgIpc) is 2.79. The van der Waals surface area contributed by atoms with Crippen LogP contribution in [0.3, 0.4) is 0 Å². The lowest BCUT2D eigenvalue weighted by molar-refractivity contribution is -0.104. The number of hydrogen-bond acceptors (Lipinski definition) is 4. The fraction of sp³-hybridized carbons (Fsp3) is 0.364. The highest BCUT2D eigenvalue weighted by Crippen LogP contribution is 2.39. The van der Waals surface area contributed by atoms with E-state index < -0.39 is 24.7 Å². The molecule has 5 nitrogen and oxygen atoms in total. The smallest absolute Gasteiger partial charge is 0.408 e. The van der Waals surface area contributed by atoms with Crippen LogP contribution < -0.4 is 14.8 Å². The highest BCUT2D eigenvalue weighted by Gasteiger charge is 2.47. The van der Waals surface area contributed by atoms with Gasteiger partial charge in [-0.15, -0.1) is 12.4 Å². The molecule has 19 heavy (non-hydrogen) atoms. The van der Waals surface area contributed by atoms with E-state index in [2.05, 4.69) is 10.1 Å². The molecule has 1 aromatic rings. The molecule has 0 bridgehead atoms. The molecule has 0 unspecified atom stereocenters. The van der Waals surface area contributed by atoms with Gasteiger partial charge in [-0.3, -0.25) is 0 Å². The van der Waals surface area contributed by atoms with Crippen molar-refractivity contribution < 1.29 is 27.8 Å². The van der Waals surface area contributed by atoms with Crippen molar-refractivity contribution in [3.63, 3.8) is 0 Å². The number of fused-ring (bicyclic) bond motifs is 1. The van der Waals surface area contributed by atoms with E-state index in [-0.39, 0.29) is 24.8 Å². The van der Waals surface area contributed by atoms with Crippen LogP contribution in [0.1, 0.15) is 11.6 Å². The van der Waals surface area contributed by atoms with Gasteiger partial charge >= 0.3 is 12.0 Å². The van der Waals surface area contributed by atoms with E-state index >= 15 is 0 Å². The zero-order valence-electron chi connectivity index (χ0n) is 9.52. The van der Waals surface area contributed by atoms with Gasteiger partial charge in [0, 0.05) is 0 Å². The Morgan fingerprint density at radius 1 is 1.21 bits per heavy atom. The molecule has 0 aromatic heterocycles. The maximum Gasteiger partial charge on any atom is 0.408 e. The first-order valence-electron chi connectivity index (χ1n) is 5.27. The summed E-state index contributed by atoms with van der Waals surface area (Å²) in [6.45, 7) is -0.868. The molecule has 2 aliphatic rings. The van der Waals surface area contributed by atoms with Crippen LogP contribution in [0.2, 0.25) is 0 Å². The van der Waals surface area contributed by atoms with Gasteiger partial charge in [0.25, 0.3) is 0 Å². The van der Waals surface area contributed by atoms with Crippen molar-refractivity contribution in [2.75, 3.05) is 13.4 Å². The predicted molar refractivity (Wildman–Crippen MR) is 62.0 cm³/mol. The number of benzene rings is 1. The van der Waals surface area contributed by atoms with Gasteiger partial charge in [-0.1, -0.05) is 6.07 Å². The van der Waals surface area contributed by atoms with Crippen molar-refractivity contribution >= 4 is 18.5 Å². The lowest BCUT2D eigenvalue weighted by Gasteiger charge is -2.31. The Hall–Kier alpha value is -1.76. The van der Waals surface area contributed by atoms with Crippen molar-refractivity contribution in [3.8, 4) is 11.5 Å². The van der Waals surface area contributed by atoms with Crippen LogP contribution in [0, 0.1) is 0 Å². The predicted octanol–water partition coefficient (Wildman–Crippen LogP) is 2.25. The second kappa shape index (κ2) is 4.73. The van der Waals surface area contributed by atoms with Crippen molar-refractivity contribution in [1.82, 2.24) is 5.32 Å². The Balaban J connectivity index is 0.00000133. The fourth-order valence-electron chi connectivity index (χ4n) is 1.93. The number of cyclic esters (lactones) is 1. The van der Waals surface area contributed by atoms with Crippen LogP contribution in [0.4, 0.5) is 13.6 Å². The molecule has 0 saturated carbocycles. The van der Waals surface area contributed by atoms with Gasteiger partial charge in [-0.05, 0) is 17.7 Å². The molecular weight excluding hydrogens is 284 g/mol. The van der Waals surface area contributed by atoms with Crippen molar-refractivity contribution in [2.45, 2.75) is 12.0 Å². The summed E-state index contributed by atoms with van der Waals surface area (Å²) in [5.74, 6) is -2.27. The second-order valence-corrected chi connectivity index (χ2v) is 4.03. The van der Waals surface area contributed by atoms with E-state index in [9.17, 15) is 13.6 Å². The molecule has 2 aliphatic heterocycles. The maximum atomic E-state index is 13.7. The molecule has 2 heterocycles. The molecule has 3 rings (SSSR count). The summed E-state index contributed by atoms with van der Waals surface area (Å²) in [7, 11) is 0. The van der Waals surface area contributed by atoms with E-state index in [0.717, 1.165) is 0 Å². The third kappa shape index (κ3) is 2.37. The van der Waals surface area contributed by atoms with Gasteiger partial charge in [0.2, 0.25) is 6.79 Å². The Bertz CT molecular complexity index is 511. The molecule has 0 spiro atoms. The van der Waals surface area contributed by atoms with E-state index in [4.69, 9.17) is 9.47 Å². The zero-order valence-corrected chi connectivity index (χ0v) is 10.3. The number of rotatable bonds is 1. The molecule has 1 aromatic carbocycles. The first kappa shape index (κ1) is 13.7. The van der Waals surface area contributed by atoms with Crippen molar-refractivity contribution in [2.24, 2.45) is 0 Å². The van der Waals surface area contributed by atoms with Crippen molar-refractivity contribution in [1.29, 1.82) is 0 Å². The number of carbonyl (C=O) groups is 1. The number of amides is 1. The van der Waals surface area contributed by atoms with Crippen LogP contribution in [0.25, 0.3) is 0 Å². The third-order valence-electron chi connectivity index (χ3n) is 2.81. The van der Waals surface area contributed by atoms with E-state index in [1.54, 1.807) is 0 Å². The van der Waals surface area contributed by atoms with Gasteiger partial charge in [0.1, 0.15) is 6.04 Å². The molecule has 8 heteroatoms. The summed E-state index contributed by atoms with van der Waals surface area (Å²) in [6.07, 6.45) is -0.858. The van der Waals surface area contributed by atoms with E-state index in [1.165, 1.54) is 18.2 Å². The van der Waals surface area contributed by atoms with Crippen molar-refractivity contribution in [3.05, 3.63) is 23.8 Å². The van der Waals surface area contributed by atoms with Gasteiger partial charge in [0.05, 0.1) is 0 Å². The molecule has 1 saturated heterocycles. The SMILES string of the molecule is Cl.O=C1N[C@@H](c2ccc3c(c2)OCO3)C(F)(F)CO1. The van der Waals surface area contributed by atoms with Crippen LogP contribution in [-0.4, -0.2) is 25.4 Å². The number of carbonyl (C=O) groups excluding carboxylic acids is 1. The number of ether oxygens (including phenoxy) is 3. The molecule has 1 N–H and O–H groups in total. The highest BCUT2D eigenvalue weighted by atomic mass is 35.5. The molecule has 0 aliphatic carbocycles. The first-order valence-corrected chi connectivity index (χ1v) is 5.27. The van der Waals surface area contributed by atoms with Crippen LogP contribution >= 0.6 is 12.4 Å². The monoisotopic (exact) mass is 293 g/mol. The Kier molecular flexibility index (Phi) is 3.40. The number of nitrogens with one attached hydrogen (secondary N) is 1. The van der Waals surface area contributed by atoms with Gasteiger partial charge < -0.3 is 19.5 Å². The number of alkyl carbamates (subject to hydrolysis) is 1. The Morgan fingerprint density at radius 3 is 2.74 bits per heavy atom. The van der Waals surface area contributed by atoms with Crippen LogP contribution in [-0.2, 0) is 4.74 Å². The number of hydrogen-bond donors (Lipinski definition) is 1. The quantitative estimate of drug-likeness (QED) is 0.863. The van der Waals surface area contributed by atoms with Crippen LogP contribution in [0.15, 0.2) is 18.2 Å². The lowest BCUT2D eigenvalue weighted by atomic mass is 9.99. The number of alkyl halides is 2. The maximum absolute atomic E-state index is 13.7. The molecule has 1 fully saturated rings. The summed E-state index contributed by atoms with van der Waals surface area (Å²) in [5, 5.41) is 2.11. The molecule has 0 radical (unpaired) electrons.